The van der Waals surface area contributed by atoms with Gasteiger partial charge in [0.25, 0.3) is 5.91 Å². The number of nitrogens with zero attached hydrogens (tertiary/aromatic N) is 1. The maximum Gasteiger partial charge on any atom is 0.287 e. The first-order valence-electron chi connectivity index (χ1n) is 7.01. The normalized spacial score (nSPS) is 28.4. The molecule has 3 rings (SSSR count). The molecule has 2 fully saturated rings. The molecule has 1 aromatic rings. The third kappa shape index (κ3) is 2.82. The maximum atomic E-state index is 12.0. The summed E-state index contributed by atoms with van der Waals surface area (Å²) in [5, 5.41) is 3.03. The standard InChI is InChI=1S/C14H20N2O3/c17-14(13-5-4-8-19-13)15-11-9-18-10-12(11)16-6-2-1-3-7-16/h4-5,8,11-12H,1-3,6-7,9-10H2,(H,15,17)/t11-,12-/m0/s1. The Kier molecular flexibility index (Phi) is 3.84. The van der Waals surface area contributed by atoms with Crippen LogP contribution in [0.15, 0.2) is 22.8 Å². The maximum absolute atomic E-state index is 12.0. The molecule has 1 N–H and O–H groups in total. The molecule has 2 aliphatic rings. The fourth-order valence-corrected chi connectivity index (χ4v) is 2.94. The summed E-state index contributed by atoms with van der Waals surface area (Å²) in [5.74, 6) is 0.215. The average Bonchev–Trinajstić information content (AvgIpc) is 3.11. The molecule has 2 saturated heterocycles. The van der Waals surface area contributed by atoms with E-state index in [1.807, 2.05) is 0 Å². The molecule has 0 radical (unpaired) electrons. The lowest BCUT2D eigenvalue weighted by Crippen LogP contribution is -2.52. The third-order valence-electron chi connectivity index (χ3n) is 3.97. The zero-order valence-electron chi connectivity index (χ0n) is 11.0. The van der Waals surface area contributed by atoms with Gasteiger partial charge in [0.2, 0.25) is 0 Å². The van der Waals surface area contributed by atoms with Crippen LogP contribution >= 0.6 is 0 Å². The summed E-state index contributed by atoms with van der Waals surface area (Å²) in [4.78, 5) is 14.5. The molecule has 2 aliphatic heterocycles. The Bertz CT molecular complexity index is 412. The number of nitrogens with one attached hydrogen (secondary N) is 1. The predicted octanol–water partition coefficient (Wildman–Crippen LogP) is 1.26. The van der Waals surface area contributed by atoms with Crippen LogP contribution in [0.3, 0.4) is 0 Å². The Labute approximate surface area is 112 Å². The smallest absolute Gasteiger partial charge is 0.287 e. The van der Waals surface area contributed by atoms with Gasteiger partial charge in [0.05, 0.1) is 31.6 Å². The molecule has 104 valence electrons. The lowest BCUT2D eigenvalue weighted by Gasteiger charge is -2.34. The predicted molar refractivity (Wildman–Crippen MR) is 70.0 cm³/mol. The molecular weight excluding hydrogens is 244 g/mol. The van der Waals surface area contributed by atoms with E-state index in [1.54, 1.807) is 12.1 Å². The summed E-state index contributed by atoms with van der Waals surface area (Å²) in [6.07, 6.45) is 5.32. The Morgan fingerprint density at radius 1 is 1.26 bits per heavy atom. The van der Waals surface area contributed by atoms with Crippen molar-refractivity contribution in [1.29, 1.82) is 0 Å². The first-order valence-corrected chi connectivity index (χ1v) is 7.01. The molecule has 0 saturated carbocycles. The first-order chi connectivity index (χ1) is 9.34. The summed E-state index contributed by atoms with van der Waals surface area (Å²) in [6.45, 7) is 3.53. The lowest BCUT2D eigenvalue weighted by atomic mass is 10.0. The molecule has 2 atom stereocenters. The minimum Gasteiger partial charge on any atom is -0.459 e. The van der Waals surface area contributed by atoms with Crippen molar-refractivity contribution in [3.8, 4) is 0 Å². The van der Waals surface area contributed by atoms with Crippen molar-refractivity contribution in [2.75, 3.05) is 26.3 Å². The van der Waals surface area contributed by atoms with E-state index >= 15 is 0 Å². The highest BCUT2D eigenvalue weighted by atomic mass is 16.5. The summed E-state index contributed by atoms with van der Waals surface area (Å²) in [6, 6.07) is 3.78. The van der Waals surface area contributed by atoms with Gasteiger partial charge < -0.3 is 14.5 Å². The van der Waals surface area contributed by atoms with Crippen molar-refractivity contribution in [3.05, 3.63) is 24.2 Å². The molecule has 5 heteroatoms. The molecular formula is C14H20N2O3. The molecule has 0 aliphatic carbocycles. The van der Waals surface area contributed by atoms with E-state index in [4.69, 9.17) is 9.15 Å². The summed E-state index contributed by atoms with van der Waals surface area (Å²) in [5.41, 5.74) is 0. The number of piperidine rings is 1. The topological polar surface area (TPSA) is 54.7 Å². The fraction of sp³-hybridized carbons (Fsp3) is 0.643. The van der Waals surface area contributed by atoms with Gasteiger partial charge in [-0.25, -0.2) is 0 Å². The minimum atomic E-state index is -0.150. The van der Waals surface area contributed by atoms with Crippen LogP contribution in [-0.4, -0.2) is 49.2 Å². The van der Waals surface area contributed by atoms with Crippen LogP contribution in [0.5, 0.6) is 0 Å². The average molecular weight is 264 g/mol. The monoisotopic (exact) mass is 264 g/mol. The van der Waals surface area contributed by atoms with Gasteiger partial charge in [0.1, 0.15) is 0 Å². The van der Waals surface area contributed by atoms with Gasteiger partial charge in [-0.05, 0) is 38.1 Å². The van der Waals surface area contributed by atoms with Gasteiger partial charge in [-0.2, -0.15) is 0 Å². The SMILES string of the molecule is O=C(N[C@H]1COC[C@@H]1N1CCCCC1)c1ccco1. The Morgan fingerprint density at radius 3 is 2.84 bits per heavy atom. The number of hydrogen-bond donors (Lipinski definition) is 1. The third-order valence-corrected chi connectivity index (χ3v) is 3.97. The van der Waals surface area contributed by atoms with E-state index in [0.717, 1.165) is 13.1 Å². The van der Waals surface area contributed by atoms with Crippen molar-refractivity contribution in [3.63, 3.8) is 0 Å². The molecule has 0 spiro atoms. The fourth-order valence-electron chi connectivity index (χ4n) is 2.94. The lowest BCUT2D eigenvalue weighted by molar-refractivity contribution is 0.0872. The Balaban J connectivity index is 1.61. The molecule has 0 bridgehead atoms. The second kappa shape index (κ2) is 5.75. The number of rotatable bonds is 3. The van der Waals surface area contributed by atoms with Crippen LogP contribution < -0.4 is 5.32 Å². The Morgan fingerprint density at radius 2 is 2.11 bits per heavy atom. The number of furan rings is 1. The molecule has 1 aromatic heterocycles. The van der Waals surface area contributed by atoms with Crippen molar-refractivity contribution in [2.24, 2.45) is 0 Å². The Hall–Kier alpha value is -1.33. The summed E-state index contributed by atoms with van der Waals surface area (Å²) < 4.78 is 10.7. The highest BCUT2D eigenvalue weighted by Crippen LogP contribution is 2.19. The second-order valence-corrected chi connectivity index (χ2v) is 5.26. The van der Waals surface area contributed by atoms with Gasteiger partial charge in [-0.15, -0.1) is 0 Å². The van der Waals surface area contributed by atoms with Gasteiger partial charge in [-0.1, -0.05) is 6.42 Å². The number of hydrogen-bond acceptors (Lipinski definition) is 4. The number of carbonyl (C=O) groups is 1. The first kappa shape index (κ1) is 12.7. The molecule has 3 heterocycles. The molecule has 19 heavy (non-hydrogen) atoms. The van der Waals surface area contributed by atoms with Crippen molar-refractivity contribution >= 4 is 5.91 Å². The number of ether oxygens (including phenoxy) is 1. The number of carbonyl (C=O) groups excluding carboxylic acids is 1. The van der Waals surface area contributed by atoms with Crippen LogP contribution in [0.1, 0.15) is 29.8 Å². The summed E-state index contributed by atoms with van der Waals surface area (Å²) in [7, 11) is 0. The molecule has 0 unspecified atom stereocenters. The van der Waals surface area contributed by atoms with Crippen molar-refractivity contribution < 1.29 is 13.9 Å². The second-order valence-electron chi connectivity index (χ2n) is 5.26. The highest BCUT2D eigenvalue weighted by molar-refractivity contribution is 5.91. The van der Waals surface area contributed by atoms with E-state index < -0.39 is 0 Å². The van der Waals surface area contributed by atoms with Gasteiger partial charge in [0, 0.05) is 0 Å². The zero-order valence-corrected chi connectivity index (χ0v) is 11.0. The number of likely N-dealkylation sites (tertiary alicyclic amines) is 1. The van der Waals surface area contributed by atoms with Crippen LogP contribution in [0.2, 0.25) is 0 Å². The number of amides is 1. The van der Waals surface area contributed by atoms with Gasteiger partial charge in [-0.3, -0.25) is 9.69 Å². The van der Waals surface area contributed by atoms with E-state index in [1.165, 1.54) is 25.5 Å². The largest absolute Gasteiger partial charge is 0.459 e. The van der Waals surface area contributed by atoms with E-state index in [9.17, 15) is 4.79 Å². The van der Waals surface area contributed by atoms with Crippen LogP contribution in [0.4, 0.5) is 0 Å². The van der Waals surface area contributed by atoms with Crippen LogP contribution in [0, 0.1) is 0 Å². The summed E-state index contributed by atoms with van der Waals surface area (Å²) >= 11 is 0. The highest BCUT2D eigenvalue weighted by Gasteiger charge is 2.35. The van der Waals surface area contributed by atoms with Crippen molar-refractivity contribution in [1.82, 2.24) is 10.2 Å². The van der Waals surface area contributed by atoms with E-state index in [0.29, 0.717) is 25.0 Å². The van der Waals surface area contributed by atoms with Gasteiger partial charge in [0.15, 0.2) is 5.76 Å². The van der Waals surface area contributed by atoms with Crippen molar-refractivity contribution in [2.45, 2.75) is 31.3 Å². The molecule has 0 aromatic carbocycles. The molecule has 5 nitrogen and oxygen atoms in total. The molecule has 1 amide bonds. The van der Waals surface area contributed by atoms with Crippen LogP contribution in [-0.2, 0) is 4.74 Å². The van der Waals surface area contributed by atoms with E-state index in [-0.39, 0.29) is 11.9 Å². The van der Waals surface area contributed by atoms with Crippen LogP contribution in [0.25, 0.3) is 0 Å². The minimum absolute atomic E-state index is 0.0655. The zero-order chi connectivity index (χ0) is 13.1. The van der Waals surface area contributed by atoms with E-state index in [2.05, 4.69) is 10.2 Å². The van der Waals surface area contributed by atoms with Gasteiger partial charge >= 0.3 is 0 Å². The quantitative estimate of drug-likeness (QED) is 0.893.